The van der Waals surface area contributed by atoms with E-state index in [0.29, 0.717) is 5.69 Å². The Balaban J connectivity index is 2.36. The number of nitrogens with zero attached hydrogens (tertiary/aromatic N) is 2. The molecule has 2 aromatic heterocycles. The number of H-pyrrole nitrogens is 1. The Morgan fingerprint density at radius 1 is 1.29 bits per heavy atom. The van der Waals surface area contributed by atoms with Gasteiger partial charge in [0.05, 0.1) is 17.7 Å². The second kappa shape index (κ2) is 5.99. The third-order valence-electron chi connectivity index (χ3n) is 3.42. The zero-order valence-corrected chi connectivity index (χ0v) is 12.8. The van der Waals surface area contributed by atoms with Crippen LogP contribution in [0.3, 0.4) is 0 Å². The summed E-state index contributed by atoms with van der Waals surface area (Å²) in [5, 5.41) is 0.0655. The number of carbonyl (C=O) groups is 1. The number of para-hydroxylation sites is 1. The van der Waals surface area contributed by atoms with Gasteiger partial charge >= 0.3 is 11.7 Å². The molecule has 0 aliphatic carbocycles. The summed E-state index contributed by atoms with van der Waals surface area (Å²) in [5.74, 6) is -0.795. The number of aromatic nitrogens is 3. The number of hydrogen-bond acceptors (Lipinski definition) is 6. The van der Waals surface area contributed by atoms with Crippen molar-refractivity contribution < 1.29 is 9.53 Å². The molecule has 2 heterocycles. The van der Waals surface area contributed by atoms with E-state index < -0.39 is 17.2 Å². The minimum Gasteiger partial charge on any atom is -0.462 e. The van der Waals surface area contributed by atoms with Gasteiger partial charge in [-0.25, -0.2) is 19.1 Å². The van der Waals surface area contributed by atoms with E-state index in [4.69, 9.17) is 10.5 Å². The minimum atomic E-state index is -0.679. The maximum atomic E-state index is 12.2. The molecule has 0 saturated carbocycles. The summed E-state index contributed by atoms with van der Waals surface area (Å²) in [5.41, 5.74) is 5.09. The standard InChI is InChI=1S/C16H14N4O4/c1-2-24-15(22)10-8-11-13(18-12(10)17)20(16(23)19-14(11)21)9-6-4-3-5-7-9/h3-8H,2H2,1H3,(H2,17,18)(H,19,21,23). The fourth-order valence-electron chi connectivity index (χ4n) is 2.36. The second-order valence-corrected chi connectivity index (χ2v) is 4.94. The molecule has 0 saturated heterocycles. The quantitative estimate of drug-likeness (QED) is 0.688. The van der Waals surface area contributed by atoms with E-state index in [2.05, 4.69) is 9.97 Å². The van der Waals surface area contributed by atoms with Gasteiger partial charge in [0.1, 0.15) is 11.4 Å². The van der Waals surface area contributed by atoms with Crippen molar-refractivity contribution in [1.82, 2.24) is 14.5 Å². The Labute approximate surface area is 135 Å². The Kier molecular flexibility index (Phi) is 3.87. The number of esters is 1. The van der Waals surface area contributed by atoms with Crippen LogP contribution in [-0.2, 0) is 4.74 Å². The lowest BCUT2D eigenvalue weighted by Gasteiger charge is -2.11. The molecule has 0 radical (unpaired) electrons. The maximum absolute atomic E-state index is 12.2. The number of anilines is 1. The van der Waals surface area contributed by atoms with Crippen LogP contribution in [0.2, 0.25) is 0 Å². The number of benzene rings is 1. The molecule has 0 spiro atoms. The largest absolute Gasteiger partial charge is 0.462 e. The highest BCUT2D eigenvalue weighted by atomic mass is 16.5. The molecule has 122 valence electrons. The minimum absolute atomic E-state index is 0.0203. The number of carbonyl (C=O) groups excluding carboxylic acids is 1. The summed E-state index contributed by atoms with van der Waals surface area (Å²) in [4.78, 5) is 42.6. The van der Waals surface area contributed by atoms with E-state index >= 15 is 0 Å². The first-order chi connectivity index (χ1) is 11.5. The number of nitrogens with two attached hydrogens (primary N) is 1. The Morgan fingerprint density at radius 2 is 2.00 bits per heavy atom. The molecular weight excluding hydrogens is 312 g/mol. The summed E-state index contributed by atoms with van der Waals surface area (Å²) in [6, 6.07) is 9.95. The van der Waals surface area contributed by atoms with Gasteiger partial charge in [-0.2, -0.15) is 0 Å². The van der Waals surface area contributed by atoms with Gasteiger partial charge in [-0.05, 0) is 25.1 Å². The van der Waals surface area contributed by atoms with E-state index in [9.17, 15) is 14.4 Å². The molecule has 1 aromatic carbocycles. The first kappa shape index (κ1) is 15.5. The van der Waals surface area contributed by atoms with Crippen LogP contribution in [0.4, 0.5) is 5.82 Å². The Hall–Kier alpha value is -3.42. The topological polar surface area (TPSA) is 120 Å². The van der Waals surface area contributed by atoms with Gasteiger partial charge in [0.25, 0.3) is 5.56 Å². The summed E-state index contributed by atoms with van der Waals surface area (Å²) < 4.78 is 6.12. The molecule has 8 nitrogen and oxygen atoms in total. The first-order valence-electron chi connectivity index (χ1n) is 7.21. The van der Waals surface area contributed by atoms with Gasteiger partial charge in [0.2, 0.25) is 0 Å². The van der Waals surface area contributed by atoms with Gasteiger partial charge in [0, 0.05) is 0 Å². The maximum Gasteiger partial charge on any atom is 0.341 e. The van der Waals surface area contributed by atoms with Gasteiger partial charge in [-0.1, -0.05) is 18.2 Å². The number of rotatable bonds is 3. The van der Waals surface area contributed by atoms with Crippen molar-refractivity contribution in [2.75, 3.05) is 12.3 Å². The lowest BCUT2D eigenvalue weighted by Crippen LogP contribution is -2.30. The fraction of sp³-hybridized carbons (Fsp3) is 0.125. The van der Waals surface area contributed by atoms with Crippen LogP contribution >= 0.6 is 0 Å². The average Bonchev–Trinajstić information content (AvgIpc) is 2.55. The molecule has 0 aliphatic rings. The molecule has 0 amide bonds. The van der Waals surface area contributed by atoms with Gasteiger partial charge in [-0.15, -0.1) is 0 Å². The van der Waals surface area contributed by atoms with Crippen molar-refractivity contribution >= 4 is 22.8 Å². The van der Waals surface area contributed by atoms with E-state index in [1.807, 2.05) is 0 Å². The van der Waals surface area contributed by atoms with Crippen molar-refractivity contribution in [3.8, 4) is 5.69 Å². The number of hydrogen-bond donors (Lipinski definition) is 2. The van der Waals surface area contributed by atoms with Crippen LogP contribution in [-0.4, -0.2) is 27.1 Å². The third-order valence-corrected chi connectivity index (χ3v) is 3.42. The molecule has 0 aliphatic heterocycles. The van der Waals surface area contributed by atoms with Crippen LogP contribution in [0.25, 0.3) is 16.7 Å². The fourth-order valence-corrected chi connectivity index (χ4v) is 2.36. The predicted molar refractivity (Wildman–Crippen MR) is 88.3 cm³/mol. The van der Waals surface area contributed by atoms with Gasteiger partial charge in [0.15, 0.2) is 5.65 Å². The second-order valence-electron chi connectivity index (χ2n) is 4.94. The number of fused-ring (bicyclic) bond motifs is 1. The normalized spacial score (nSPS) is 10.7. The molecule has 0 fully saturated rings. The van der Waals surface area contributed by atoms with Crippen molar-refractivity contribution in [1.29, 1.82) is 0 Å². The molecule has 24 heavy (non-hydrogen) atoms. The molecule has 0 bridgehead atoms. The summed E-state index contributed by atoms with van der Waals surface area (Å²) in [6.45, 7) is 1.82. The summed E-state index contributed by atoms with van der Waals surface area (Å²) >= 11 is 0. The molecule has 3 N–H and O–H groups in total. The Bertz CT molecular complexity index is 1040. The van der Waals surface area contributed by atoms with E-state index in [1.165, 1.54) is 10.6 Å². The molecule has 0 atom stereocenters. The predicted octanol–water partition coefficient (Wildman–Crippen LogP) is 0.833. The Morgan fingerprint density at radius 3 is 2.67 bits per heavy atom. The van der Waals surface area contributed by atoms with E-state index in [1.54, 1.807) is 37.3 Å². The highest BCUT2D eigenvalue weighted by molar-refractivity contribution is 5.98. The first-order valence-corrected chi connectivity index (χ1v) is 7.21. The molecule has 8 heteroatoms. The van der Waals surface area contributed by atoms with Crippen molar-refractivity contribution in [2.24, 2.45) is 0 Å². The number of ether oxygens (including phenoxy) is 1. The van der Waals surface area contributed by atoms with Crippen molar-refractivity contribution in [3.63, 3.8) is 0 Å². The van der Waals surface area contributed by atoms with E-state index in [-0.39, 0.29) is 29.0 Å². The SMILES string of the molecule is CCOC(=O)c1cc2c(=O)[nH]c(=O)n(-c3ccccc3)c2nc1N. The molecule has 0 unspecified atom stereocenters. The van der Waals surface area contributed by atoms with Crippen LogP contribution in [0.5, 0.6) is 0 Å². The van der Waals surface area contributed by atoms with Crippen LogP contribution in [0.1, 0.15) is 17.3 Å². The molecule has 3 rings (SSSR count). The molecular formula is C16H14N4O4. The lowest BCUT2D eigenvalue weighted by molar-refractivity contribution is 0.0527. The van der Waals surface area contributed by atoms with Gasteiger partial charge in [-0.3, -0.25) is 9.78 Å². The number of nitrogen functional groups attached to an aromatic ring is 1. The summed E-state index contributed by atoms with van der Waals surface area (Å²) in [7, 11) is 0. The van der Waals surface area contributed by atoms with Crippen LogP contribution in [0, 0.1) is 0 Å². The highest BCUT2D eigenvalue weighted by Crippen LogP contribution is 2.18. The van der Waals surface area contributed by atoms with Crippen molar-refractivity contribution in [2.45, 2.75) is 6.92 Å². The summed E-state index contributed by atoms with van der Waals surface area (Å²) in [6.07, 6.45) is 0. The number of aromatic amines is 1. The number of nitrogens with one attached hydrogen (secondary N) is 1. The smallest absolute Gasteiger partial charge is 0.341 e. The zero-order valence-electron chi connectivity index (χ0n) is 12.8. The zero-order chi connectivity index (χ0) is 17.3. The third kappa shape index (κ3) is 2.54. The van der Waals surface area contributed by atoms with Crippen LogP contribution in [0.15, 0.2) is 46.0 Å². The average molecular weight is 326 g/mol. The monoisotopic (exact) mass is 326 g/mol. The van der Waals surface area contributed by atoms with Gasteiger partial charge < -0.3 is 10.5 Å². The number of pyridine rings is 1. The lowest BCUT2D eigenvalue weighted by atomic mass is 10.2. The van der Waals surface area contributed by atoms with Crippen molar-refractivity contribution in [3.05, 3.63) is 62.8 Å². The highest BCUT2D eigenvalue weighted by Gasteiger charge is 2.18. The van der Waals surface area contributed by atoms with Crippen LogP contribution < -0.4 is 17.0 Å². The molecule has 3 aromatic rings. The van der Waals surface area contributed by atoms with E-state index in [0.717, 1.165) is 0 Å².